The second kappa shape index (κ2) is 5.36. The zero-order chi connectivity index (χ0) is 11.3. The molecule has 1 unspecified atom stereocenters. The van der Waals surface area contributed by atoms with Crippen LogP contribution in [0.25, 0.3) is 0 Å². The Kier molecular flexibility index (Phi) is 4.12. The average molecular weight is 208 g/mol. The fourth-order valence-electron chi connectivity index (χ4n) is 1.10. The molecule has 0 heterocycles. The Bertz CT molecular complexity index is 320. The van der Waals surface area contributed by atoms with E-state index in [2.05, 4.69) is 5.32 Å². The lowest BCUT2D eigenvalue weighted by Gasteiger charge is -2.07. The first kappa shape index (κ1) is 11.5. The molecule has 1 amide bonds. The third kappa shape index (κ3) is 3.59. The van der Waals surface area contributed by atoms with Gasteiger partial charge in [-0.3, -0.25) is 4.79 Å². The molecule has 0 saturated carbocycles. The zero-order valence-corrected chi connectivity index (χ0v) is 8.99. The number of hydrogen-bond acceptors (Lipinski definition) is 3. The molecule has 0 radical (unpaired) electrons. The maximum atomic E-state index is 11.5. The highest BCUT2D eigenvalue weighted by Gasteiger charge is 2.05. The number of hydrogen-bond donors (Lipinski definition) is 2. The number of rotatable bonds is 4. The molecule has 0 saturated heterocycles. The minimum absolute atomic E-state index is 0.0350. The second-order valence-corrected chi connectivity index (χ2v) is 3.42. The van der Waals surface area contributed by atoms with Gasteiger partial charge in [0.1, 0.15) is 5.75 Å². The molecule has 15 heavy (non-hydrogen) atoms. The van der Waals surface area contributed by atoms with Crippen molar-refractivity contribution in [1.82, 2.24) is 5.32 Å². The predicted octanol–water partition coefficient (Wildman–Crippen LogP) is 0.772. The number of nitrogens with two attached hydrogens (primary N) is 1. The first-order valence-electron chi connectivity index (χ1n) is 4.81. The van der Waals surface area contributed by atoms with Gasteiger partial charge < -0.3 is 15.8 Å². The van der Waals surface area contributed by atoms with Gasteiger partial charge in [-0.25, -0.2) is 0 Å². The van der Waals surface area contributed by atoms with Gasteiger partial charge >= 0.3 is 0 Å². The molecule has 0 spiro atoms. The van der Waals surface area contributed by atoms with Crippen LogP contribution in [0.5, 0.6) is 5.75 Å². The molecule has 0 bridgehead atoms. The van der Waals surface area contributed by atoms with Crippen molar-refractivity contribution in [2.45, 2.75) is 13.0 Å². The number of carbonyl (C=O) groups is 1. The van der Waals surface area contributed by atoms with Crippen LogP contribution >= 0.6 is 0 Å². The Hall–Kier alpha value is -1.55. The third-order valence-electron chi connectivity index (χ3n) is 1.94. The largest absolute Gasteiger partial charge is 0.497 e. The van der Waals surface area contributed by atoms with Gasteiger partial charge in [0, 0.05) is 18.2 Å². The van der Waals surface area contributed by atoms with Crippen molar-refractivity contribution < 1.29 is 9.53 Å². The van der Waals surface area contributed by atoms with Crippen molar-refractivity contribution >= 4 is 5.91 Å². The molecular weight excluding hydrogens is 192 g/mol. The normalized spacial score (nSPS) is 11.9. The molecule has 3 N–H and O–H groups in total. The van der Waals surface area contributed by atoms with Gasteiger partial charge in [-0.05, 0) is 31.2 Å². The van der Waals surface area contributed by atoms with Gasteiger partial charge in [-0.2, -0.15) is 0 Å². The summed E-state index contributed by atoms with van der Waals surface area (Å²) in [5, 5.41) is 2.73. The van der Waals surface area contributed by atoms with E-state index >= 15 is 0 Å². The van der Waals surface area contributed by atoms with Crippen LogP contribution in [-0.4, -0.2) is 25.6 Å². The second-order valence-electron chi connectivity index (χ2n) is 3.42. The molecule has 0 aliphatic heterocycles. The highest BCUT2D eigenvalue weighted by Crippen LogP contribution is 2.10. The molecule has 0 aliphatic rings. The minimum Gasteiger partial charge on any atom is -0.497 e. The van der Waals surface area contributed by atoms with E-state index in [4.69, 9.17) is 10.5 Å². The van der Waals surface area contributed by atoms with Crippen molar-refractivity contribution in [3.63, 3.8) is 0 Å². The Balaban J connectivity index is 2.58. The summed E-state index contributed by atoms with van der Waals surface area (Å²) < 4.78 is 5.00. The minimum atomic E-state index is -0.116. The Labute approximate surface area is 89.4 Å². The number of amides is 1. The van der Waals surface area contributed by atoms with Crippen molar-refractivity contribution in [3.05, 3.63) is 29.8 Å². The monoisotopic (exact) mass is 208 g/mol. The van der Waals surface area contributed by atoms with E-state index in [9.17, 15) is 4.79 Å². The van der Waals surface area contributed by atoms with E-state index < -0.39 is 0 Å². The quantitative estimate of drug-likeness (QED) is 0.768. The van der Waals surface area contributed by atoms with Crippen LogP contribution in [0, 0.1) is 0 Å². The van der Waals surface area contributed by atoms with E-state index in [1.54, 1.807) is 31.4 Å². The standard InChI is InChI=1S/C11H16N2O2/c1-8(12)7-13-11(14)9-3-5-10(15-2)6-4-9/h3-6,8H,7,12H2,1-2H3,(H,13,14). The van der Waals surface area contributed by atoms with Crippen LogP contribution in [0.4, 0.5) is 0 Å². The van der Waals surface area contributed by atoms with E-state index in [1.807, 2.05) is 6.92 Å². The van der Waals surface area contributed by atoms with Gasteiger partial charge in [-0.1, -0.05) is 0 Å². The lowest BCUT2D eigenvalue weighted by atomic mass is 10.2. The van der Waals surface area contributed by atoms with Crippen LogP contribution in [0.1, 0.15) is 17.3 Å². The fraction of sp³-hybridized carbons (Fsp3) is 0.364. The summed E-state index contributed by atoms with van der Waals surface area (Å²) in [6.07, 6.45) is 0. The van der Waals surface area contributed by atoms with Crippen molar-refractivity contribution in [3.8, 4) is 5.75 Å². The van der Waals surface area contributed by atoms with Crippen molar-refractivity contribution in [2.24, 2.45) is 5.73 Å². The summed E-state index contributed by atoms with van der Waals surface area (Å²) in [7, 11) is 1.59. The molecule has 82 valence electrons. The molecule has 1 aromatic carbocycles. The number of ether oxygens (including phenoxy) is 1. The number of nitrogens with one attached hydrogen (secondary N) is 1. The summed E-state index contributed by atoms with van der Waals surface area (Å²) in [4.78, 5) is 11.5. The van der Waals surface area contributed by atoms with E-state index in [0.29, 0.717) is 12.1 Å². The molecule has 1 rings (SSSR count). The Morgan fingerprint density at radius 3 is 2.53 bits per heavy atom. The first-order valence-corrected chi connectivity index (χ1v) is 4.81. The summed E-state index contributed by atoms with van der Waals surface area (Å²) in [5.74, 6) is 0.619. The summed E-state index contributed by atoms with van der Waals surface area (Å²) in [6.45, 7) is 2.32. The lowest BCUT2D eigenvalue weighted by Crippen LogP contribution is -2.35. The van der Waals surface area contributed by atoms with Crippen molar-refractivity contribution in [1.29, 1.82) is 0 Å². The molecule has 1 aromatic rings. The first-order chi connectivity index (χ1) is 7.13. The topological polar surface area (TPSA) is 64.3 Å². The van der Waals surface area contributed by atoms with Crippen molar-refractivity contribution in [2.75, 3.05) is 13.7 Å². The van der Waals surface area contributed by atoms with E-state index in [-0.39, 0.29) is 11.9 Å². The fourth-order valence-corrected chi connectivity index (χ4v) is 1.10. The highest BCUT2D eigenvalue weighted by molar-refractivity contribution is 5.94. The highest BCUT2D eigenvalue weighted by atomic mass is 16.5. The molecular formula is C11H16N2O2. The van der Waals surface area contributed by atoms with E-state index in [1.165, 1.54) is 0 Å². The maximum absolute atomic E-state index is 11.5. The van der Waals surface area contributed by atoms with Crippen LogP contribution in [0.15, 0.2) is 24.3 Å². The number of methoxy groups -OCH3 is 1. The predicted molar refractivity (Wildman–Crippen MR) is 59.0 cm³/mol. The molecule has 0 aromatic heterocycles. The number of carbonyl (C=O) groups excluding carboxylic acids is 1. The van der Waals surface area contributed by atoms with Crippen LogP contribution in [-0.2, 0) is 0 Å². The maximum Gasteiger partial charge on any atom is 0.251 e. The Morgan fingerprint density at radius 2 is 2.07 bits per heavy atom. The average Bonchev–Trinajstić information content (AvgIpc) is 2.26. The summed E-state index contributed by atoms with van der Waals surface area (Å²) in [6, 6.07) is 6.90. The van der Waals surface area contributed by atoms with Crippen LogP contribution < -0.4 is 15.8 Å². The lowest BCUT2D eigenvalue weighted by molar-refractivity contribution is 0.0951. The molecule has 4 heteroatoms. The van der Waals surface area contributed by atoms with E-state index in [0.717, 1.165) is 5.75 Å². The van der Waals surface area contributed by atoms with Gasteiger partial charge in [-0.15, -0.1) is 0 Å². The van der Waals surface area contributed by atoms with Gasteiger partial charge in [0.25, 0.3) is 5.91 Å². The molecule has 4 nitrogen and oxygen atoms in total. The number of benzene rings is 1. The molecule has 0 aliphatic carbocycles. The van der Waals surface area contributed by atoms with Gasteiger partial charge in [0.15, 0.2) is 0 Å². The summed E-state index contributed by atoms with van der Waals surface area (Å²) >= 11 is 0. The van der Waals surface area contributed by atoms with Crippen LogP contribution in [0.3, 0.4) is 0 Å². The van der Waals surface area contributed by atoms with Gasteiger partial charge in [0.05, 0.1) is 7.11 Å². The molecule has 0 fully saturated rings. The Morgan fingerprint density at radius 1 is 1.47 bits per heavy atom. The SMILES string of the molecule is COc1ccc(C(=O)NCC(C)N)cc1. The van der Waals surface area contributed by atoms with Gasteiger partial charge in [0.2, 0.25) is 0 Å². The third-order valence-corrected chi connectivity index (χ3v) is 1.94. The summed E-state index contributed by atoms with van der Waals surface area (Å²) in [5.41, 5.74) is 6.14. The zero-order valence-electron chi connectivity index (χ0n) is 8.99. The molecule has 1 atom stereocenters. The smallest absolute Gasteiger partial charge is 0.251 e. The van der Waals surface area contributed by atoms with Crippen LogP contribution in [0.2, 0.25) is 0 Å².